The zero-order valence-electron chi connectivity index (χ0n) is 23.3. The van der Waals surface area contributed by atoms with Crippen molar-refractivity contribution in [2.45, 2.75) is 64.5 Å². The lowest BCUT2D eigenvalue weighted by molar-refractivity contribution is -0.155. The van der Waals surface area contributed by atoms with Crippen LogP contribution >= 0.6 is 11.3 Å². The third-order valence-corrected chi connectivity index (χ3v) is 8.60. The van der Waals surface area contributed by atoms with Gasteiger partial charge < -0.3 is 23.3 Å². The number of carbonyl (C=O) groups is 1. The smallest absolute Gasteiger partial charge is 0.434 e. The summed E-state index contributed by atoms with van der Waals surface area (Å²) in [6, 6.07) is 3.27. The molecule has 44 heavy (non-hydrogen) atoms. The Balaban J connectivity index is 1.22. The molecule has 4 heterocycles. The van der Waals surface area contributed by atoms with Crippen molar-refractivity contribution in [2.75, 3.05) is 19.3 Å². The van der Waals surface area contributed by atoms with Gasteiger partial charge in [0.15, 0.2) is 5.69 Å². The van der Waals surface area contributed by atoms with E-state index in [0.29, 0.717) is 31.6 Å². The maximum Gasteiger partial charge on any atom is 0.435 e. The van der Waals surface area contributed by atoms with E-state index in [0.717, 1.165) is 22.0 Å². The van der Waals surface area contributed by atoms with E-state index < -0.39 is 34.9 Å². The Hall–Kier alpha value is -3.35. The Labute approximate surface area is 252 Å². The molecule has 1 fully saturated rings. The van der Waals surface area contributed by atoms with Crippen LogP contribution in [0.2, 0.25) is 0 Å². The lowest BCUT2D eigenvalue weighted by Crippen LogP contribution is -2.40. The molecule has 0 radical (unpaired) electrons. The van der Waals surface area contributed by atoms with Crippen LogP contribution in [0.1, 0.15) is 58.3 Å². The number of aryl methyl sites for hydroxylation is 1. The lowest BCUT2D eigenvalue weighted by Gasteiger charge is -2.31. The lowest BCUT2D eigenvalue weighted by atomic mass is 9.97. The predicted octanol–water partition coefficient (Wildman–Crippen LogP) is 4.76. The molecule has 18 heteroatoms. The number of alkyl halides is 5. The third-order valence-electron chi connectivity index (χ3n) is 7.10. The van der Waals surface area contributed by atoms with Crippen LogP contribution in [0, 0.1) is 6.92 Å². The van der Waals surface area contributed by atoms with Gasteiger partial charge in [-0.05, 0) is 38.0 Å². The first-order valence-electron chi connectivity index (χ1n) is 13.2. The number of hydrogen-bond donors (Lipinski definition) is 0. The monoisotopic (exact) mass is 666 g/mol. The van der Waals surface area contributed by atoms with Gasteiger partial charge in [-0.25, -0.2) is 4.98 Å². The number of thiazole rings is 1. The van der Waals surface area contributed by atoms with E-state index in [9.17, 15) is 35.2 Å². The number of hydrogen-bond acceptors (Lipinski definition) is 10. The second kappa shape index (κ2) is 12.6. The molecule has 2 aliphatic rings. The fraction of sp³-hybridized carbons (Fsp3) is 0.500. The molecule has 0 saturated carbocycles. The van der Waals surface area contributed by atoms with Gasteiger partial charge in [0.2, 0.25) is 12.2 Å². The van der Waals surface area contributed by atoms with Crippen LogP contribution in [0.3, 0.4) is 0 Å². The van der Waals surface area contributed by atoms with Gasteiger partial charge in [-0.1, -0.05) is 0 Å². The van der Waals surface area contributed by atoms with Crippen molar-refractivity contribution in [1.82, 2.24) is 19.7 Å². The molecule has 0 aliphatic carbocycles. The van der Waals surface area contributed by atoms with Crippen LogP contribution in [0.5, 0.6) is 11.5 Å². The number of halogens is 5. The molecule has 1 unspecified atom stereocenters. The van der Waals surface area contributed by atoms with Gasteiger partial charge in [0.05, 0.1) is 24.5 Å². The van der Waals surface area contributed by atoms with Crippen LogP contribution < -0.4 is 8.92 Å². The number of aromatic nitrogens is 3. The van der Waals surface area contributed by atoms with Crippen molar-refractivity contribution in [2.24, 2.45) is 0 Å². The van der Waals surface area contributed by atoms with E-state index in [2.05, 4.69) is 14.8 Å². The minimum Gasteiger partial charge on any atom is -0.434 e. The second-order valence-electron chi connectivity index (χ2n) is 10.2. The molecular weight excluding hydrogens is 639 g/mol. The Bertz CT molecular complexity index is 1620. The molecule has 5 rings (SSSR count). The summed E-state index contributed by atoms with van der Waals surface area (Å²) in [7, 11) is -3.93. The Morgan fingerprint density at radius 2 is 1.77 bits per heavy atom. The van der Waals surface area contributed by atoms with E-state index >= 15 is 0 Å². The summed E-state index contributed by atoms with van der Waals surface area (Å²) in [5.74, 6) is -0.636. The van der Waals surface area contributed by atoms with Crippen molar-refractivity contribution in [1.29, 1.82) is 0 Å². The van der Waals surface area contributed by atoms with Gasteiger partial charge in [0.25, 0.3) is 0 Å². The van der Waals surface area contributed by atoms with E-state index in [1.807, 2.05) is 0 Å². The number of benzene rings is 1. The minimum absolute atomic E-state index is 0.00450. The highest BCUT2D eigenvalue weighted by atomic mass is 32.2. The molecule has 0 spiro atoms. The maximum absolute atomic E-state index is 13.0. The molecule has 0 N–H and O–H groups in total. The SMILES string of the molecule is Cc1cc(C(F)(F)F)nn1CC(=O)N1CCC(c2nc(C3OCc4c(OC(F)F)ccc(OS(C)(=O)=O)c4CO3)cs2)CC1. The van der Waals surface area contributed by atoms with Crippen LogP contribution in [-0.4, -0.2) is 59.9 Å². The minimum atomic E-state index is -4.60. The third kappa shape index (κ3) is 7.47. The molecule has 0 bridgehead atoms. The van der Waals surface area contributed by atoms with Crippen molar-refractivity contribution >= 4 is 27.4 Å². The van der Waals surface area contributed by atoms with Gasteiger partial charge in [-0.2, -0.15) is 35.5 Å². The molecular formula is C26H27F5N4O7S2. The summed E-state index contributed by atoms with van der Waals surface area (Å²) < 4.78 is 111. The highest BCUT2D eigenvalue weighted by Crippen LogP contribution is 2.39. The van der Waals surface area contributed by atoms with Crippen LogP contribution in [0.25, 0.3) is 0 Å². The van der Waals surface area contributed by atoms with Gasteiger partial charge >= 0.3 is 22.9 Å². The van der Waals surface area contributed by atoms with Gasteiger partial charge in [0, 0.05) is 41.2 Å². The second-order valence-corrected chi connectivity index (χ2v) is 12.7. The zero-order chi connectivity index (χ0) is 31.8. The number of carbonyl (C=O) groups excluding carboxylic acids is 1. The van der Waals surface area contributed by atoms with Crippen molar-refractivity contribution < 1.29 is 53.6 Å². The van der Waals surface area contributed by atoms with E-state index in [1.54, 1.807) is 10.3 Å². The van der Waals surface area contributed by atoms with Crippen molar-refractivity contribution in [3.05, 3.63) is 56.8 Å². The first-order chi connectivity index (χ1) is 20.7. The van der Waals surface area contributed by atoms with E-state index in [-0.39, 0.29) is 59.9 Å². The summed E-state index contributed by atoms with van der Waals surface area (Å²) >= 11 is 1.36. The molecule has 2 aromatic heterocycles. The number of nitrogens with zero attached hydrogens (tertiary/aromatic N) is 4. The summed E-state index contributed by atoms with van der Waals surface area (Å²) in [5, 5.41) is 6.02. The molecule has 2 aliphatic heterocycles. The van der Waals surface area contributed by atoms with Crippen LogP contribution in [0.4, 0.5) is 22.0 Å². The topological polar surface area (TPSA) is 122 Å². The first-order valence-corrected chi connectivity index (χ1v) is 15.9. The van der Waals surface area contributed by atoms with Gasteiger partial charge in [-0.15, -0.1) is 11.3 Å². The number of ether oxygens (including phenoxy) is 3. The van der Waals surface area contributed by atoms with Gasteiger partial charge in [-0.3, -0.25) is 9.48 Å². The molecule has 1 saturated heterocycles. The first kappa shape index (κ1) is 32.1. The molecule has 1 aromatic carbocycles. The molecule has 1 amide bonds. The number of amides is 1. The summed E-state index contributed by atoms with van der Waals surface area (Å²) in [5.41, 5.74) is -0.0484. The Morgan fingerprint density at radius 1 is 1.14 bits per heavy atom. The van der Waals surface area contributed by atoms with Crippen molar-refractivity contribution in [3.8, 4) is 11.5 Å². The Kier molecular flexibility index (Phi) is 9.16. The molecule has 11 nitrogen and oxygen atoms in total. The highest BCUT2D eigenvalue weighted by molar-refractivity contribution is 7.86. The quantitative estimate of drug-likeness (QED) is 0.248. The predicted molar refractivity (Wildman–Crippen MR) is 143 cm³/mol. The number of likely N-dealkylation sites (tertiary alicyclic amines) is 1. The number of rotatable bonds is 8. The maximum atomic E-state index is 13.0. The van der Waals surface area contributed by atoms with Crippen LogP contribution in [0.15, 0.2) is 23.6 Å². The zero-order valence-corrected chi connectivity index (χ0v) is 25.0. The molecule has 1 atom stereocenters. The average Bonchev–Trinajstić information content (AvgIpc) is 3.50. The molecule has 240 valence electrons. The van der Waals surface area contributed by atoms with E-state index in [4.69, 9.17) is 13.7 Å². The largest absolute Gasteiger partial charge is 0.435 e. The number of fused-ring (bicyclic) bond motifs is 1. The highest BCUT2D eigenvalue weighted by Gasteiger charge is 2.35. The summed E-state index contributed by atoms with van der Waals surface area (Å²) in [4.78, 5) is 19.0. The van der Waals surface area contributed by atoms with Crippen LogP contribution in [-0.2, 0) is 50.3 Å². The van der Waals surface area contributed by atoms with E-state index in [1.165, 1.54) is 30.4 Å². The Morgan fingerprint density at radius 3 is 2.36 bits per heavy atom. The van der Waals surface area contributed by atoms with Gasteiger partial charge in [0.1, 0.15) is 23.7 Å². The standard InChI is InChI=1S/C26H27F5N4O7S2/c1-14-9-21(26(29,30)31)33-35(14)10-22(36)34-7-5-15(6-8-34)23-32-18(13-43-23)24-39-11-16-17(12-40-24)20(42-44(2,37)38)4-3-19(16)41-25(27)28/h3-4,9,13,15,24-25H,5-8,10-12H2,1-2H3. The summed E-state index contributed by atoms with van der Waals surface area (Å²) in [6.07, 6.45) is -3.60. The summed E-state index contributed by atoms with van der Waals surface area (Å²) in [6.45, 7) is -1.69. The fourth-order valence-corrected chi connectivity index (χ4v) is 6.43. The fourth-order valence-electron chi connectivity index (χ4n) is 4.96. The molecule has 3 aromatic rings. The van der Waals surface area contributed by atoms with Crippen molar-refractivity contribution in [3.63, 3.8) is 0 Å². The number of piperidine rings is 1. The average molecular weight is 667 g/mol. The normalized spacial score (nSPS) is 18.3.